The minimum Gasteiger partial charge on any atom is -0.460 e. The van der Waals surface area contributed by atoms with E-state index in [-0.39, 0.29) is 5.43 Å². The first kappa shape index (κ1) is 13.8. The molecule has 2 aromatic carbocycles. The van der Waals surface area contributed by atoms with Crippen molar-refractivity contribution >= 4 is 16.5 Å². The van der Waals surface area contributed by atoms with Crippen LogP contribution in [0.15, 0.2) is 69.4 Å². The molecular formula is C22H18O2. The van der Waals surface area contributed by atoms with E-state index in [9.17, 15) is 4.79 Å². The van der Waals surface area contributed by atoms with Gasteiger partial charge < -0.3 is 4.42 Å². The van der Waals surface area contributed by atoms with Crippen LogP contribution in [0.2, 0.25) is 0 Å². The van der Waals surface area contributed by atoms with Gasteiger partial charge >= 0.3 is 0 Å². The topological polar surface area (TPSA) is 30.2 Å². The summed E-state index contributed by atoms with van der Waals surface area (Å²) in [6.45, 7) is 0. The summed E-state index contributed by atoms with van der Waals surface area (Å²) < 4.78 is 6.19. The molecule has 24 heavy (non-hydrogen) atoms. The first-order valence-corrected chi connectivity index (χ1v) is 8.65. The van der Waals surface area contributed by atoms with Crippen molar-refractivity contribution < 1.29 is 4.42 Å². The predicted molar refractivity (Wildman–Crippen MR) is 96.1 cm³/mol. The Bertz CT molecular complexity index is 1020. The molecule has 0 aliphatic heterocycles. The Balaban J connectivity index is 1.78. The zero-order chi connectivity index (χ0) is 16.1. The molecule has 1 aromatic heterocycles. The minimum atomic E-state index is 0.146. The van der Waals surface area contributed by atoms with Crippen LogP contribution >= 0.6 is 0 Å². The lowest BCUT2D eigenvalue weighted by atomic mass is 9.78. The van der Waals surface area contributed by atoms with Gasteiger partial charge in [0.15, 0.2) is 5.43 Å². The Morgan fingerprint density at radius 1 is 0.917 bits per heavy atom. The molecule has 2 aliphatic rings. The molecule has 0 amide bonds. The third-order valence-corrected chi connectivity index (χ3v) is 5.45. The van der Waals surface area contributed by atoms with Gasteiger partial charge in [-0.25, -0.2) is 0 Å². The number of benzene rings is 2. The van der Waals surface area contributed by atoms with Crippen LogP contribution in [0.5, 0.6) is 0 Å². The smallest absolute Gasteiger partial charge is 0.200 e. The Labute approximate surface area is 140 Å². The Morgan fingerprint density at radius 3 is 2.58 bits per heavy atom. The summed E-state index contributed by atoms with van der Waals surface area (Å²) in [7, 11) is 0. The molecule has 2 nitrogen and oxygen atoms in total. The van der Waals surface area contributed by atoms with Gasteiger partial charge in [-0.1, -0.05) is 48.0 Å². The third-order valence-electron chi connectivity index (χ3n) is 5.45. The van der Waals surface area contributed by atoms with Gasteiger partial charge in [-0.2, -0.15) is 0 Å². The lowest BCUT2D eigenvalue weighted by molar-refractivity contribution is 0.510. The quantitative estimate of drug-likeness (QED) is 0.627. The summed E-state index contributed by atoms with van der Waals surface area (Å²) in [6.07, 6.45) is 4.02. The fraction of sp³-hybridized carbons (Fsp3) is 0.227. The zero-order valence-corrected chi connectivity index (χ0v) is 13.4. The highest BCUT2D eigenvalue weighted by atomic mass is 16.3. The molecule has 2 aliphatic carbocycles. The molecule has 0 spiro atoms. The fourth-order valence-corrected chi connectivity index (χ4v) is 4.39. The van der Waals surface area contributed by atoms with Gasteiger partial charge in [0.1, 0.15) is 11.3 Å². The number of para-hydroxylation sites is 1. The standard InChI is InChI=1S/C22H18O2/c23-22-17-9-4-5-12-19(17)24-20-13-18(14-7-2-1-3-8-14)15-10-6-11-16(15)21(20)22/h1-5,7-9,12,18H,6,10-11,13H2. The maximum absolute atomic E-state index is 13.1. The van der Waals surface area contributed by atoms with Crippen molar-refractivity contribution in [3.05, 3.63) is 87.3 Å². The summed E-state index contributed by atoms with van der Waals surface area (Å²) in [5, 5.41) is 0.702. The van der Waals surface area contributed by atoms with Crippen molar-refractivity contribution in [1.29, 1.82) is 0 Å². The van der Waals surface area contributed by atoms with Gasteiger partial charge in [0.05, 0.1) is 10.9 Å². The van der Waals surface area contributed by atoms with E-state index in [4.69, 9.17) is 4.42 Å². The lowest BCUT2D eigenvalue weighted by Gasteiger charge is -2.26. The highest BCUT2D eigenvalue weighted by Crippen LogP contribution is 2.47. The van der Waals surface area contributed by atoms with Crippen LogP contribution in [0.4, 0.5) is 0 Å². The lowest BCUT2D eigenvalue weighted by Crippen LogP contribution is -2.20. The molecule has 1 unspecified atom stereocenters. The molecule has 2 heteroatoms. The third kappa shape index (κ3) is 1.92. The first-order chi connectivity index (χ1) is 11.8. The van der Waals surface area contributed by atoms with Gasteiger partial charge in [0.2, 0.25) is 0 Å². The molecule has 1 atom stereocenters. The van der Waals surface area contributed by atoms with Crippen LogP contribution < -0.4 is 5.43 Å². The summed E-state index contributed by atoms with van der Waals surface area (Å²) in [4.78, 5) is 13.1. The van der Waals surface area contributed by atoms with Gasteiger partial charge in [-0.3, -0.25) is 4.79 Å². The van der Waals surface area contributed by atoms with Crippen molar-refractivity contribution in [2.75, 3.05) is 0 Å². The van der Waals surface area contributed by atoms with E-state index < -0.39 is 0 Å². The highest BCUT2D eigenvalue weighted by Gasteiger charge is 2.34. The van der Waals surface area contributed by atoms with Crippen LogP contribution in [0.3, 0.4) is 0 Å². The summed E-state index contributed by atoms with van der Waals surface area (Å²) in [6, 6.07) is 18.2. The number of fused-ring (bicyclic) bond motifs is 3. The fourth-order valence-electron chi connectivity index (χ4n) is 4.39. The molecule has 5 rings (SSSR count). The monoisotopic (exact) mass is 314 g/mol. The van der Waals surface area contributed by atoms with E-state index in [1.165, 1.54) is 16.7 Å². The summed E-state index contributed by atoms with van der Waals surface area (Å²) in [5.74, 6) is 1.22. The van der Waals surface area contributed by atoms with Crippen LogP contribution in [-0.2, 0) is 6.42 Å². The second kappa shape index (κ2) is 5.20. The zero-order valence-electron chi connectivity index (χ0n) is 13.4. The second-order valence-corrected chi connectivity index (χ2v) is 6.75. The normalized spacial score (nSPS) is 19.4. The molecule has 0 fully saturated rings. The molecule has 118 valence electrons. The number of allylic oxidation sites excluding steroid dienone is 2. The Kier molecular flexibility index (Phi) is 2.99. The Morgan fingerprint density at radius 2 is 1.71 bits per heavy atom. The Hall–Kier alpha value is -2.61. The van der Waals surface area contributed by atoms with Crippen molar-refractivity contribution in [2.24, 2.45) is 0 Å². The van der Waals surface area contributed by atoms with Crippen molar-refractivity contribution in [3.8, 4) is 0 Å². The van der Waals surface area contributed by atoms with Gasteiger partial charge in [0, 0.05) is 12.3 Å². The van der Waals surface area contributed by atoms with Gasteiger partial charge in [0.25, 0.3) is 0 Å². The maximum Gasteiger partial charge on any atom is 0.200 e. The van der Waals surface area contributed by atoms with Crippen LogP contribution in [0.1, 0.15) is 42.1 Å². The van der Waals surface area contributed by atoms with E-state index in [1.54, 1.807) is 0 Å². The molecular weight excluding hydrogens is 296 g/mol. The largest absolute Gasteiger partial charge is 0.460 e. The SMILES string of the molecule is O=c1c2c(oc3ccccc13)CC(c1ccccc1)C1=C2CCC1. The number of hydrogen-bond donors (Lipinski definition) is 0. The summed E-state index contributed by atoms with van der Waals surface area (Å²) in [5.41, 5.74) is 5.74. The number of rotatable bonds is 1. The molecule has 3 aromatic rings. The molecule has 0 N–H and O–H groups in total. The molecule has 0 bridgehead atoms. The molecule has 0 saturated heterocycles. The van der Waals surface area contributed by atoms with E-state index >= 15 is 0 Å². The van der Waals surface area contributed by atoms with Gasteiger partial charge in [-0.15, -0.1) is 0 Å². The first-order valence-electron chi connectivity index (χ1n) is 8.65. The van der Waals surface area contributed by atoms with Crippen molar-refractivity contribution in [1.82, 2.24) is 0 Å². The van der Waals surface area contributed by atoms with Crippen LogP contribution in [0.25, 0.3) is 16.5 Å². The van der Waals surface area contributed by atoms with Crippen LogP contribution in [0, 0.1) is 0 Å². The van der Waals surface area contributed by atoms with Crippen molar-refractivity contribution in [3.63, 3.8) is 0 Å². The number of hydrogen-bond acceptors (Lipinski definition) is 2. The van der Waals surface area contributed by atoms with E-state index in [1.807, 2.05) is 24.3 Å². The van der Waals surface area contributed by atoms with E-state index in [0.29, 0.717) is 16.9 Å². The highest BCUT2D eigenvalue weighted by molar-refractivity contribution is 5.84. The van der Waals surface area contributed by atoms with Gasteiger partial charge in [-0.05, 0) is 42.5 Å². The second-order valence-electron chi connectivity index (χ2n) is 6.75. The maximum atomic E-state index is 13.1. The predicted octanol–water partition coefficient (Wildman–Crippen LogP) is 5.07. The van der Waals surface area contributed by atoms with E-state index in [0.717, 1.165) is 37.0 Å². The van der Waals surface area contributed by atoms with E-state index in [2.05, 4.69) is 30.3 Å². The van der Waals surface area contributed by atoms with Crippen molar-refractivity contribution in [2.45, 2.75) is 31.6 Å². The molecule has 0 radical (unpaired) electrons. The average molecular weight is 314 g/mol. The average Bonchev–Trinajstić information content (AvgIpc) is 3.11. The van der Waals surface area contributed by atoms with Crippen LogP contribution in [-0.4, -0.2) is 0 Å². The molecule has 0 saturated carbocycles. The minimum absolute atomic E-state index is 0.146. The summed E-state index contributed by atoms with van der Waals surface area (Å²) >= 11 is 0. The molecule has 1 heterocycles.